The molecule has 3 aromatic rings. The van der Waals surface area contributed by atoms with Gasteiger partial charge in [0.25, 0.3) is 0 Å². The summed E-state index contributed by atoms with van der Waals surface area (Å²) in [6.45, 7) is 4.02. The SMILES string of the molecule is Cc1ccc(C#CC2(O)C(Br)=C(Br)C(O)(C#Cc3ccc(C)cc3)c3ccccc32)cc1. The molecule has 4 heteroatoms. The second-order valence-corrected chi connectivity index (χ2v) is 9.41. The number of halogens is 2. The minimum absolute atomic E-state index is 0.323. The summed E-state index contributed by atoms with van der Waals surface area (Å²) >= 11 is 6.99. The molecule has 1 aliphatic rings. The third-order valence-electron chi connectivity index (χ3n) is 5.41. The standard InChI is InChI=1S/C28H20Br2O2/c1-19-7-11-21(12-8-19)15-17-27(31)23-5-3-4-6-24(23)28(32,26(30)25(27)29)18-16-22-13-9-20(2)10-14-22/h3-14,31-32H,1-2H3. The molecule has 1 aliphatic carbocycles. The van der Waals surface area contributed by atoms with E-state index in [4.69, 9.17) is 0 Å². The van der Waals surface area contributed by atoms with E-state index in [9.17, 15) is 10.2 Å². The summed E-state index contributed by atoms with van der Waals surface area (Å²) in [4.78, 5) is 0. The van der Waals surface area contributed by atoms with Crippen molar-refractivity contribution in [2.75, 3.05) is 0 Å². The van der Waals surface area contributed by atoms with Crippen LogP contribution < -0.4 is 0 Å². The highest BCUT2D eigenvalue weighted by atomic mass is 79.9. The van der Waals surface area contributed by atoms with Crippen LogP contribution in [0.1, 0.15) is 33.4 Å². The molecule has 0 aliphatic heterocycles. The molecule has 3 aromatic carbocycles. The molecule has 0 aromatic heterocycles. The first-order valence-corrected chi connectivity index (χ1v) is 11.6. The Kier molecular flexibility index (Phi) is 6.17. The molecular formula is C28H20Br2O2. The van der Waals surface area contributed by atoms with E-state index in [1.165, 1.54) is 0 Å². The molecule has 2 unspecified atom stereocenters. The lowest BCUT2D eigenvalue weighted by Crippen LogP contribution is -2.39. The second kappa shape index (κ2) is 8.74. The second-order valence-electron chi connectivity index (χ2n) is 7.83. The maximum atomic E-state index is 11.7. The molecule has 0 radical (unpaired) electrons. The molecule has 0 amide bonds. The van der Waals surface area contributed by atoms with E-state index < -0.39 is 11.2 Å². The zero-order chi connectivity index (χ0) is 22.9. The van der Waals surface area contributed by atoms with Crippen molar-refractivity contribution in [2.24, 2.45) is 0 Å². The van der Waals surface area contributed by atoms with Gasteiger partial charge in [0.2, 0.25) is 0 Å². The zero-order valence-electron chi connectivity index (χ0n) is 17.6. The van der Waals surface area contributed by atoms with Gasteiger partial charge < -0.3 is 10.2 Å². The molecule has 158 valence electrons. The Hall–Kier alpha value is -2.60. The van der Waals surface area contributed by atoms with E-state index in [1.807, 2.05) is 74.5 Å². The van der Waals surface area contributed by atoms with Crippen molar-refractivity contribution in [3.8, 4) is 23.7 Å². The molecule has 0 bridgehead atoms. The van der Waals surface area contributed by atoms with E-state index in [0.29, 0.717) is 20.1 Å². The monoisotopic (exact) mass is 546 g/mol. The van der Waals surface area contributed by atoms with Crippen LogP contribution in [0, 0.1) is 37.5 Å². The summed E-state index contributed by atoms with van der Waals surface area (Å²) in [6, 6.07) is 22.7. The van der Waals surface area contributed by atoms with Crippen LogP contribution in [0.15, 0.2) is 81.8 Å². The van der Waals surface area contributed by atoms with Crippen molar-refractivity contribution >= 4 is 31.9 Å². The fourth-order valence-electron chi connectivity index (χ4n) is 3.51. The summed E-state index contributed by atoms with van der Waals surface area (Å²) in [6.07, 6.45) is 0. The predicted octanol–water partition coefficient (Wildman–Crippen LogP) is 5.80. The lowest BCUT2D eigenvalue weighted by molar-refractivity contribution is 0.105. The van der Waals surface area contributed by atoms with Crippen LogP contribution in [-0.4, -0.2) is 10.2 Å². The first-order valence-electron chi connectivity index (χ1n) is 10.0. The number of rotatable bonds is 0. The quantitative estimate of drug-likeness (QED) is 0.349. The lowest BCUT2D eigenvalue weighted by Gasteiger charge is -2.38. The van der Waals surface area contributed by atoms with E-state index in [-0.39, 0.29) is 0 Å². The minimum Gasteiger partial charge on any atom is -0.369 e. The molecule has 0 heterocycles. The molecule has 4 rings (SSSR count). The van der Waals surface area contributed by atoms with E-state index in [0.717, 1.165) is 22.3 Å². The van der Waals surface area contributed by atoms with Gasteiger partial charge in [-0.25, -0.2) is 0 Å². The normalized spacial score (nSPS) is 21.7. The number of aliphatic hydroxyl groups is 2. The molecule has 0 fully saturated rings. The Morgan fingerprint density at radius 2 is 0.938 bits per heavy atom. The van der Waals surface area contributed by atoms with Crippen molar-refractivity contribution < 1.29 is 10.2 Å². The fraction of sp³-hybridized carbons (Fsp3) is 0.143. The maximum absolute atomic E-state index is 11.7. The number of hydrogen-bond acceptors (Lipinski definition) is 2. The Morgan fingerprint density at radius 3 is 1.28 bits per heavy atom. The van der Waals surface area contributed by atoms with Crippen molar-refractivity contribution in [1.82, 2.24) is 0 Å². The summed E-state index contributed by atoms with van der Waals surface area (Å²) in [5, 5.41) is 23.3. The van der Waals surface area contributed by atoms with Crippen molar-refractivity contribution in [3.63, 3.8) is 0 Å². The lowest BCUT2D eigenvalue weighted by atomic mass is 9.76. The van der Waals surface area contributed by atoms with Crippen LogP contribution in [0.25, 0.3) is 0 Å². The van der Waals surface area contributed by atoms with E-state index in [1.54, 1.807) is 12.1 Å². The fourth-order valence-corrected chi connectivity index (χ4v) is 4.71. The average molecular weight is 548 g/mol. The topological polar surface area (TPSA) is 40.5 Å². The summed E-state index contributed by atoms with van der Waals surface area (Å²) in [5.74, 6) is 12.1. The molecule has 0 saturated carbocycles. The smallest absolute Gasteiger partial charge is 0.185 e. The Bertz CT molecular complexity index is 1230. The summed E-state index contributed by atoms with van der Waals surface area (Å²) in [5.41, 5.74) is 1.54. The molecular weight excluding hydrogens is 528 g/mol. The van der Waals surface area contributed by atoms with E-state index in [2.05, 4.69) is 55.5 Å². The van der Waals surface area contributed by atoms with Gasteiger partial charge in [-0.15, -0.1) is 0 Å². The number of fused-ring (bicyclic) bond motifs is 1. The predicted molar refractivity (Wildman–Crippen MR) is 135 cm³/mol. The third kappa shape index (κ3) is 4.08. The molecule has 2 atom stereocenters. The molecule has 2 N–H and O–H groups in total. The molecule has 2 nitrogen and oxygen atoms in total. The highest BCUT2D eigenvalue weighted by molar-refractivity contribution is 9.14. The van der Waals surface area contributed by atoms with Gasteiger partial charge in [-0.2, -0.15) is 0 Å². The van der Waals surface area contributed by atoms with Crippen molar-refractivity contribution in [1.29, 1.82) is 0 Å². The van der Waals surface area contributed by atoms with Crippen molar-refractivity contribution in [3.05, 3.63) is 115 Å². The Labute approximate surface area is 205 Å². The van der Waals surface area contributed by atoms with Gasteiger partial charge in [-0.1, -0.05) is 83.3 Å². The largest absolute Gasteiger partial charge is 0.369 e. The zero-order valence-corrected chi connectivity index (χ0v) is 20.8. The number of aryl methyl sites for hydroxylation is 2. The van der Waals surface area contributed by atoms with Gasteiger partial charge in [-0.05, 0) is 70.0 Å². The summed E-state index contributed by atoms with van der Waals surface area (Å²) < 4.78 is 0.646. The Morgan fingerprint density at radius 1 is 0.594 bits per heavy atom. The molecule has 0 saturated heterocycles. The van der Waals surface area contributed by atoms with Crippen LogP contribution in [-0.2, 0) is 11.2 Å². The van der Waals surface area contributed by atoms with Gasteiger partial charge in [0.15, 0.2) is 11.2 Å². The van der Waals surface area contributed by atoms with Gasteiger partial charge in [-0.3, -0.25) is 0 Å². The van der Waals surface area contributed by atoms with E-state index >= 15 is 0 Å². The van der Waals surface area contributed by atoms with Gasteiger partial charge >= 0.3 is 0 Å². The van der Waals surface area contributed by atoms with Crippen LogP contribution in [0.4, 0.5) is 0 Å². The highest BCUT2D eigenvalue weighted by Gasteiger charge is 2.48. The first-order chi connectivity index (χ1) is 15.2. The Balaban J connectivity index is 1.85. The number of hydrogen-bond donors (Lipinski definition) is 2. The van der Waals surface area contributed by atoms with Gasteiger partial charge in [0.1, 0.15) is 0 Å². The molecule has 32 heavy (non-hydrogen) atoms. The van der Waals surface area contributed by atoms with Crippen LogP contribution >= 0.6 is 31.9 Å². The summed E-state index contributed by atoms with van der Waals surface area (Å²) in [7, 11) is 0. The van der Waals surface area contributed by atoms with Crippen LogP contribution in [0.3, 0.4) is 0 Å². The van der Waals surface area contributed by atoms with Crippen LogP contribution in [0.5, 0.6) is 0 Å². The average Bonchev–Trinajstić information content (AvgIpc) is 2.81. The molecule has 0 spiro atoms. The third-order valence-corrected chi connectivity index (χ3v) is 7.89. The van der Waals surface area contributed by atoms with Crippen molar-refractivity contribution in [2.45, 2.75) is 25.0 Å². The van der Waals surface area contributed by atoms with Gasteiger partial charge in [0, 0.05) is 22.3 Å². The highest BCUT2D eigenvalue weighted by Crippen LogP contribution is 2.51. The van der Waals surface area contributed by atoms with Gasteiger partial charge in [0.05, 0.1) is 8.96 Å². The van der Waals surface area contributed by atoms with Crippen LogP contribution in [0.2, 0.25) is 0 Å². The minimum atomic E-state index is -1.64. The maximum Gasteiger partial charge on any atom is 0.185 e. The first kappa shape index (κ1) is 22.6. The number of benzene rings is 3.